The fraction of sp³-hybridized carbons (Fsp3) is 0.167. The van der Waals surface area contributed by atoms with Gasteiger partial charge in [-0.15, -0.1) is 0 Å². The maximum absolute atomic E-state index is 9.35. The molecular weight excluding hydrogens is 1020 g/mol. The molecule has 0 N–H and O–H groups in total. The van der Waals surface area contributed by atoms with Crippen LogP contribution >= 0.6 is 0 Å². The number of aromatic nitrogens is 2. The number of ether oxygens (including phenoxy) is 2. The van der Waals surface area contributed by atoms with Gasteiger partial charge < -0.3 is 19.3 Å². The molecule has 84 heavy (non-hydrogen) atoms. The van der Waals surface area contributed by atoms with Crippen molar-refractivity contribution in [2.75, 3.05) is 16.5 Å². The number of benzene rings is 10. The number of nitrogens with zero attached hydrogens (tertiary/aromatic N) is 4. The largest absolute Gasteiger partial charge is 0.457 e. The molecule has 0 fully saturated rings. The summed E-state index contributed by atoms with van der Waals surface area (Å²) >= 11 is 0. The Morgan fingerprint density at radius 1 is 0.405 bits per heavy atom. The summed E-state index contributed by atoms with van der Waals surface area (Å²) in [5, 5.41) is 2.02. The fourth-order valence-electron chi connectivity index (χ4n) is 11.4. The number of hydrogen-bond acceptors (Lipinski definition) is 5. The summed E-state index contributed by atoms with van der Waals surface area (Å²) in [6, 6.07) is 55.8. The Bertz CT molecular complexity index is 4800. The second-order valence-corrected chi connectivity index (χ2v) is 24.6. The zero-order valence-electron chi connectivity index (χ0n) is 58.7. The highest BCUT2D eigenvalue weighted by atomic mass is 16.5. The van der Waals surface area contributed by atoms with Gasteiger partial charge in [0.05, 0.1) is 41.8 Å². The van der Waals surface area contributed by atoms with E-state index in [2.05, 4.69) is 136 Å². The van der Waals surface area contributed by atoms with E-state index in [-0.39, 0.29) is 39.8 Å². The van der Waals surface area contributed by atoms with Crippen LogP contribution in [0.15, 0.2) is 249 Å². The van der Waals surface area contributed by atoms with E-state index in [0.717, 1.165) is 61.2 Å². The van der Waals surface area contributed by atoms with Crippen molar-refractivity contribution in [3.05, 3.63) is 265 Å². The van der Waals surface area contributed by atoms with E-state index in [9.17, 15) is 5.48 Å². The molecular formula is C78H70N4O2. The van der Waals surface area contributed by atoms with E-state index >= 15 is 0 Å². The van der Waals surface area contributed by atoms with E-state index in [1.807, 2.05) is 111 Å². The Morgan fingerprint density at radius 3 is 1.52 bits per heavy atom. The van der Waals surface area contributed by atoms with Crippen LogP contribution in [-0.4, -0.2) is 16.2 Å². The quantitative estimate of drug-likeness (QED) is 0.129. The summed E-state index contributed by atoms with van der Waals surface area (Å²) in [5.74, 6) is 3.05. The minimum Gasteiger partial charge on any atom is -0.457 e. The molecule has 0 atom stereocenters. The van der Waals surface area contributed by atoms with Crippen molar-refractivity contribution in [3.8, 4) is 73.3 Å². The number of para-hydroxylation sites is 4. The molecule has 6 heteroatoms. The minimum absolute atomic E-state index is 0.0157. The lowest BCUT2D eigenvalue weighted by molar-refractivity contribution is 0.483. The molecule has 0 unspecified atom stereocenters. The molecule has 0 spiro atoms. The summed E-state index contributed by atoms with van der Waals surface area (Å²) in [6.45, 7) is 19.3. The van der Waals surface area contributed by atoms with Gasteiger partial charge in [0.2, 0.25) is 0 Å². The maximum Gasteiger partial charge on any atom is 0.143 e. The molecule has 1 aliphatic heterocycles. The van der Waals surface area contributed by atoms with Crippen LogP contribution in [0.2, 0.25) is 0 Å². The first-order valence-electron chi connectivity index (χ1n) is 33.5. The molecule has 0 saturated carbocycles. The first-order chi connectivity index (χ1) is 44.7. The van der Waals surface area contributed by atoms with Crippen molar-refractivity contribution < 1.29 is 23.2 Å². The molecule has 0 saturated heterocycles. The number of anilines is 4. The highest BCUT2D eigenvalue weighted by molar-refractivity contribution is 6.09. The van der Waals surface area contributed by atoms with Gasteiger partial charge in [0.15, 0.2) is 0 Å². The predicted molar refractivity (Wildman–Crippen MR) is 351 cm³/mol. The number of hydrogen-bond donors (Lipinski definition) is 0. The predicted octanol–water partition coefficient (Wildman–Crippen LogP) is 21.6. The van der Waals surface area contributed by atoms with Gasteiger partial charge in [0, 0.05) is 63.1 Å². The third-order valence-electron chi connectivity index (χ3n) is 15.8. The lowest BCUT2D eigenvalue weighted by Crippen LogP contribution is -2.25. The van der Waals surface area contributed by atoms with Crippen molar-refractivity contribution in [2.45, 2.75) is 78.6 Å². The monoisotopic (exact) mass is 1100 g/mol. The number of rotatable bonds is 11. The summed E-state index contributed by atoms with van der Waals surface area (Å²) in [5.41, 5.74) is 10.9. The molecule has 0 aliphatic carbocycles. The second-order valence-electron chi connectivity index (χ2n) is 24.6. The van der Waals surface area contributed by atoms with Gasteiger partial charge >= 0.3 is 0 Å². The Kier molecular flexibility index (Phi) is 10.9. The lowest BCUT2D eigenvalue weighted by atomic mass is 9.82. The van der Waals surface area contributed by atoms with Gasteiger partial charge in [-0.05, 0) is 116 Å². The van der Waals surface area contributed by atoms with Gasteiger partial charge in [-0.25, -0.2) is 4.98 Å². The molecule has 6 nitrogen and oxygen atoms in total. The van der Waals surface area contributed by atoms with Crippen LogP contribution in [0, 0.1) is 0 Å². The first kappa shape index (κ1) is 43.1. The van der Waals surface area contributed by atoms with Gasteiger partial charge in [-0.1, -0.05) is 226 Å². The molecule has 0 amide bonds. The molecule has 12 aromatic rings. The van der Waals surface area contributed by atoms with Gasteiger partial charge in [0.25, 0.3) is 0 Å². The minimum atomic E-state index is -0.630. The van der Waals surface area contributed by atoms with E-state index in [1.165, 1.54) is 11.1 Å². The second kappa shape index (κ2) is 21.3. The van der Waals surface area contributed by atoms with Crippen LogP contribution in [0.4, 0.5) is 22.7 Å². The summed E-state index contributed by atoms with van der Waals surface area (Å²) < 4.78 is 106. The SMILES string of the molecule is [2H]c1c([2H])c([2H])c(-c2cc(C(C)(C)C)cc(-c3c([2H])c([2H])c([2H])c([2H])c3[2H])c2N2CN(c3cccc(Oc4ccc5c6ccccc6n(-c6cc(Oc7c(-c8ccc(C(C)(C)C)cc8)cccc7-c7ccc(C(C)(C)C)cc7)ccn6)c5c4)c3)c3ccccc32)c([2H])c1[2H]. The fourth-order valence-corrected chi connectivity index (χ4v) is 11.4. The van der Waals surface area contributed by atoms with E-state index < -0.39 is 65.8 Å². The Hall–Kier alpha value is -9.65. The van der Waals surface area contributed by atoms with Crippen LogP contribution in [0.25, 0.3) is 72.1 Å². The van der Waals surface area contributed by atoms with Crippen molar-refractivity contribution in [1.82, 2.24) is 9.55 Å². The molecule has 414 valence electrons. The number of pyridine rings is 1. The van der Waals surface area contributed by atoms with E-state index in [1.54, 1.807) is 18.3 Å². The average molecular weight is 1110 g/mol. The zero-order valence-corrected chi connectivity index (χ0v) is 48.7. The Morgan fingerprint density at radius 2 is 0.929 bits per heavy atom. The molecule has 0 bridgehead atoms. The van der Waals surface area contributed by atoms with Gasteiger partial charge in [0.1, 0.15) is 35.5 Å². The van der Waals surface area contributed by atoms with Crippen molar-refractivity contribution in [1.29, 1.82) is 0 Å². The zero-order chi connectivity index (χ0) is 66.6. The lowest BCUT2D eigenvalue weighted by Gasteiger charge is -2.30. The first-order valence-corrected chi connectivity index (χ1v) is 28.5. The molecule has 1 aliphatic rings. The number of fused-ring (bicyclic) bond motifs is 4. The van der Waals surface area contributed by atoms with Crippen LogP contribution in [0.1, 0.15) is 92.7 Å². The van der Waals surface area contributed by atoms with Crippen LogP contribution in [-0.2, 0) is 16.2 Å². The van der Waals surface area contributed by atoms with Gasteiger partial charge in [-0.2, -0.15) is 0 Å². The summed E-state index contributed by atoms with van der Waals surface area (Å²) in [4.78, 5) is 9.00. The Balaban J connectivity index is 0.891. The standard InChI is InChI=1S/C78H70N4O2/c1-76(2,3)56-38-34-54(35-39-56)63-29-21-30-64(55-36-40-57(41-37-55)77(4,5)6)75(63)84-62-44-45-79-73(50-62)82-69-31-17-16-28-65(69)66-43-42-61(49-72(66)82)83-60-27-20-26-59(48-60)80-51-81(71-33-19-18-32-70(71)80)74-67(52-22-12-10-13-23-52)46-58(78(7,8)9)47-68(74)53-24-14-11-15-25-53/h10-50H,51H2,1-9H3/i10D,11D,12D,13D,14D,15D,22D,23D,24D,25D. The highest BCUT2D eigenvalue weighted by Crippen LogP contribution is 2.52. The third-order valence-corrected chi connectivity index (χ3v) is 15.8. The van der Waals surface area contributed by atoms with Crippen LogP contribution < -0.4 is 19.3 Å². The third kappa shape index (κ3) is 10.3. The molecule has 2 aromatic heterocycles. The normalized spacial score (nSPS) is 14.4. The molecule has 0 radical (unpaired) electrons. The van der Waals surface area contributed by atoms with Crippen LogP contribution in [0.3, 0.4) is 0 Å². The highest BCUT2D eigenvalue weighted by Gasteiger charge is 2.33. The molecule has 3 heterocycles. The average Bonchev–Trinajstić information content (AvgIpc) is 1.32. The topological polar surface area (TPSA) is 42.8 Å². The summed E-state index contributed by atoms with van der Waals surface area (Å²) in [6.07, 6.45) is 1.78. The molecule has 13 rings (SSSR count). The maximum atomic E-state index is 9.35. The van der Waals surface area contributed by atoms with Crippen LogP contribution in [0.5, 0.6) is 23.0 Å². The summed E-state index contributed by atoms with van der Waals surface area (Å²) in [7, 11) is 0. The van der Waals surface area contributed by atoms with Crippen molar-refractivity contribution in [2.24, 2.45) is 0 Å². The van der Waals surface area contributed by atoms with E-state index in [0.29, 0.717) is 40.0 Å². The Labute approximate surface area is 508 Å². The smallest absolute Gasteiger partial charge is 0.143 e. The van der Waals surface area contributed by atoms with E-state index in [4.69, 9.17) is 22.7 Å². The van der Waals surface area contributed by atoms with Gasteiger partial charge in [-0.3, -0.25) is 4.57 Å². The van der Waals surface area contributed by atoms with Crippen molar-refractivity contribution >= 4 is 44.6 Å². The molecule has 10 aromatic carbocycles. The van der Waals surface area contributed by atoms with Crippen molar-refractivity contribution in [3.63, 3.8) is 0 Å².